The Morgan fingerprint density at radius 1 is 0.620 bits per heavy atom. The van der Waals surface area contributed by atoms with Crippen LogP contribution in [-0.2, 0) is 20.0 Å². The van der Waals surface area contributed by atoms with Crippen molar-refractivity contribution in [2.75, 3.05) is 71.0 Å². The van der Waals surface area contributed by atoms with Crippen molar-refractivity contribution in [2.45, 2.75) is 89.4 Å². The third-order valence-corrected chi connectivity index (χ3v) is 17.6. The zero-order valence-corrected chi connectivity index (χ0v) is 49.2. The molecule has 4 atom stereocenters. The van der Waals surface area contributed by atoms with Gasteiger partial charge in [0.15, 0.2) is 0 Å². The fourth-order valence-electron chi connectivity index (χ4n) is 10.9. The van der Waals surface area contributed by atoms with Gasteiger partial charge in [-0.2, -0.15) is 0 Å². The van der Waals surface area contributed by atoms with Crippen LogP contribution < -0.4 is 59.5 Å². The summed E-state index contributed by atoms with van der Waals surface area (Å²) in [7, 11) is -7.31. The van der Waals surface area contributed by atoms with Crippen molar-refractivity contribution in [3.63, 3.8) is 0 Å². The number of aryl methyl sites for hydroxylation is 2. The molecular formula is C50H62Cl2IN18O6S2-. The molecule has 4 saturated heterocycles. The average molecular weight is 1270 g/mol. The number of likely N-dealkylation sites (tertiary alicyclic amines) is 2. The van der Waals surface area contributed by atoms with Gasteiger partial charge in [0.05, 0.1) is 35.0 Å². The number of rotatable bonds is 14. The standard InChI is InChI=1S/C50H62Cl2IN18O6S2/c1-29-25-70-43(23-39(62-70)41-9-5-7-17-68(41)47(72)35-21-31(51)11-13-37(35)64-78(3,74)75)58-45(29)66-19-15-33(27-66)56-49(54)60-53-61-50(55)57-34-16-20-67(28-34)46-30(2)26-71-44(59-46)24-40(63-71)42-10-6-8-18-69(42)48(73)36-22-32(52)12-14-38(36)65-79(4,76)77/h11-14,21-26,33-34,41-42,64-65H,5-10,15-20,27-28H2,1-4H3,(H3,54,56,60)(H3,55,57,61)/q-1. The number of hydrogen-bond acceptors (Lipinski definition) is 14. The number of hydrogen-bond donors (Lipinski definition) is 6. The van der Waals surface area contributed by atoms with Crippen molar-refractivity contribution < 1.29 is 48.2 Å². The van der Waals surface area contributed by atoms with Crippen LogP contribution in [0.1, 0.15) is 107 Å². The van der Waals surface area contributed by atoms with Gasteiger partial charge in [0.25, 0.3) is 11.8 Å². The molecule has 4 aliphatic rings. The molecule has 24 nitrogen and oxygen atoms in total. The molecule has 422 valence electrons. The summed E-state index contributed by atoms with van der Waals surface area (Å²) in [5.41, 5.74) is 18.0. The minimum atomic E-state index is -3.65. The Bertz CT molecular complexity index is 3400. The van der Waals surface area contributed by atoms with E-state index < -0.39 is 41.8 Å². The number of benzene rings is 2. The van der Waals surface area contributed by atoms with Crippen molar-refractivity contribution in [3.05, 3.63) is 105 Å². The quantitative estimate of drug-likeness (QED) is 0.0392. The second kappa shape index (κ2) is 23.0. The summed E-state index contributed by atoms with van der Waals surface area (Å²) in [5, 5.41) is 10.4. The molecule has 0 bridgehead atoms. The minimum absolute atomic E-state index is 0.0712. The zero-order chi connectivity index (χ0) is 55.9. The van der Waals surface area contributed by atoms with Crippen molar-refractivity contribution in [3.8, 4) is 0 Å². The Morgan fingerprint density at radius 3 is 1.44 bits per heavy atom. The van der Waals surface area contributed by atoms with Crippen LogP contribution in [0.25, 0.3) is 11.3 Å². The van der Waals surface area contributed by atoms with E-state index in [-0.39, 0.29) is 58.5 Å². The molecule has 6 aromatic rings. The number of nitrogens with zero attached hydrogens (tertiary/aromatic N) is 12. The fourth-order valence-corrected chi connectivity index (χ4v) is 13.3. The van der Waals surface area contributed by atoms with Crippen LogP contribution in [-0.4, -0.2) is 143 Å². The number of fused-ring (bicyclic) bond motifs is 2. The molecule has 0 spiro atoms. The third-order valence-electron chi connectivity index (χ3n) is 14.3. The van der Waals surface area contributed by atoms with E-state index in [1.54, 1.807) is 31.0 Å². The number of anilines is 4. The Labute approximate surface area is 478 Å². The number of sulfonamides is 2. The molecule has 4 aliphatic heterocycles. The molecule has 0 radical (unpaired) electrons. The first-order valence-electron chi connectivity index (χ1n) is 25.8. The van der Waals surface area contributed by atoms with E-state index in [0.29, 0.717) is 83.7 Å². The Morgan fingerprint density at radius 2 is 1.04 bits per heavy atom. The van der Waals surface area contributed by atoms with E-state index in [2.05, 4.69) is 26.3 Å². The van der Waals surface area contributed by atoms with Gasteiger partial charge in [-0.25, -0.2) is 16.8 Å². The number of guanidine groups is 2. The van der Waals surface area contributed by atoms with Gasteiger partial charge in [-0.3, -0.25) is 19.0 Å². The van der Waals surface area contributed by atoms with Gasteiger partial charge < -0.3 is 9.80 Å². The number of nitrogens with two attached hydrogens (primary N) is 2. The summed E-state index contributed by atoms with van der Waals surface area (Å²) < 4.78 is 63.4. The number of nitrogens with one attached hydrogen (secondary N) is 4. The molecule has 10 rings (SSSR count). The van der Waals surface area contributed by atoms with Crippen LogP contribution in [0, 0.1) is 13.8 Å². The van der Waals surface area contributed by atoms with E-state index in [1.165, 1.54) is 24.3 Å². The Balaban J connectivity index is 0.728. The molecule has 8 heterocycles. The van der Waals surface area contributed by atoms with Crippen LogP contribution >= 0.6 is 23.2 Å². The molecule has 0 aliphatic carbocycles. The predicted molar refractivity (Wildman–Crippen MR) is 301 cm³/mol. The third kappa shape index (κ3) is 12.9. The summed E-state index contributed by atoms with van der Waals surface area (Å²) in [6, 6.07) is 12.0. The fraction of sp³-hybridized carbons (Fsp3) is 0.440. The van der Waals surface area contributed by atoms with Gasteiger partial charge in [-0.05, 0) is 74.9 Å². The van der Waals surface area contributed by atoms with Crippen molar-refractivity contribution in [1.29, 1.82) is 0 Å². The molecule has 2 amide bonds. The molecular weight excluding hydrogens is 1210 g/mol. The second-order valence-electron chi connectivity index (χ2n) is 20.5. The Hall–Kier alpha value is -6.43. The van der Waals surface area contributed by atoms with Crippen LogP contribution in [0.5, 0.6) is 0 Å². The monoisotopic (exact) mass is 1270 g/mol. The normalized spacial score (nSPS) is 20.6. The molecule has 29 heteroatoms. The average Bonchev–Trinajstić information content (AvgIpc) is 4.25. The summed E-state index contributed by atoms with van der Waals surface area (Å²) in [5.74, 6) is 1.59. The second-order valence-corrected chi connectivity index (χ2v) is 26.5. The number of piperidine rings is 2. The van der Waals surface area contributed by atoms with Crippen LogP contribution in [0.15, 0.2) is 70.9 Å². The van der Waals surface area contributed by atoms with Crippen LogP contribution in [0.2, 0.25) is 10.0 Å². The number of carbonyl (C=O) groups is 2. The maximum atomic E-state index is 14.1. The van der Waals surface area contributed by atoms with Gasteiger partial charge in [0.2, 0.25) is 20.0 Å². The van der Waals surface area contributed by atoms with Gasteiger partial charge >= 0.3 is 248 Å². The number of halogens is 3. The molecule has 4 unspecified atom stereocenters. The summed E-state index contributed by atoms with van der Waals surface area (Å²) in [6.07, 6.45) is 12.3. The summed E-state index contributed by atoms with van der Waals surface area (Å²) in [4.78, 5) is 55.7. The van der Waals surface area contributed by atoms with E-state index in [1.807, 2.05) is 38.4 Å². The van der Waals surface area contributed by atoms with Crippen molar-refractivity contribution in [1.82, 2.24) is 46.1 Å². The Kier molecular flexibility index (Phi) is 16.2. The van der Waals surface area contributed by atoms with Crippen LogP contribution in [0.4, 0.5) is 23.0 Å². The van der Waals surface area contributed by atoms with Crippen molar-refractivity contribution in [2.24, 2.45) is 21.5 Å². The SMILES string of the molecule is Cc1cn2nc(C3CCCCN3C(=O)c3cc(Cl)ccc3NS(C)(=O)=O)cc2nc1N1CCC(N=C(N)N[I-]NC(N)=NC2CCN(c3nc4cc(C5CCCCN5C(=O)c5cc(Cl)ccc5NS(C)(=O)=O)nn4cc3C)C2)C1. The van der Waals surface area contributed by atoms with Crippen molar-refractivity contribution >= 4 is 101 Å². The van der Waals surface area contributed by atoms with Gasteiger partial charge in [0.1, 0.15) is 0 Å². The van der Waals surface area contributed by atoms with E-state index in [0.717, 1.165) is 86.9 Å². The van der Waals surface area contributed by atoms with E-state index in [9.17, 15) is 26.4 Å². The van der Waals surface area contributed by atoms with E-state index >= 15 is 0 Å². The number of aliphatic imine (C=N–C) groups is 2. The zero-order valence-electron chi connectivity index (χ0n) is 43.9. The topological polar surface area (TPSA) is 301 Å². The van der Waals surface area contributed by atoms with Crippen LogP contribution in [0.3, 0.4) is 0 Å². The molecule has 4 fully saturated rings. The summed E-state index contributed by atoms with van der Waals surface area (Å²) in [6.45, 7) is 7.60. The first kappa shape index (κ1) is 55.9. The summed E-state index contributed by atoms with van der Waals surface area (Å²) >= 11 is 11.7. The number of aromatic nitrogens is 6. The first-order chi connectivity index (χ1) is 37.6. The number of amides is 2. The molecule has 2 aromatic carbocycles. The van der Waals surface area contributed by atoms with E-state index in [4.69, 9.17) is 64.8 Å². The first-order valence-corrected chi connectivity index (χ1v) is 32.5. The maximum absolute atomic E-state index is 14.1. The molecule has 79 heavy (non-hydrogen) atoms. The molecule has 0 saturated carbocycles. The predicted octanol–water partition coefficient (Wildman–Crippen LogP) is 1.76. The molecule has 8 N–H and O–H groups in total. The molecule has 4 aromatic heterocycles. The van der Waals surface area contributed by atoms with Gasteiger partial charge in [0, 0.05) is 23.1 Å². The van der Waals surface area contributed by atoms with Gasteiger partial charge in [-0.15, -0.1) is 0 Å². The number of carbonyl (C=O) groups excluding carboxylic acids is 2. The van der Waals surface area contributed by atoms with Gasteiger partial charge in [-0.1, -0.05) is 23.2 Å².